The lowest BCUT2D eigenvalue weighted by Crippen LogP contribution is -2.52. The molecule has 6 nitrogen and oxygen atoms in total. The molecule has 0 aromatic rings. The fourth-order valence-electron chi connectivity index (χ4n) is 1.03. The zero-order valence-corrected chi connectivity index (χ0v) is 10.9. The fraction of sp³-hybridized carbons (Fsp3) is 0.875. The molecule has 0 spiro atoms. The monoisotopic (exact) mass is 292 g/mol. The van der Waals surface area contributed by atoms with Gasteiger partial charge in [0.05, 0.1) is 0 Å². The van der Waals surface area contributed by atoms with Gasteiger partial charge in [0.2, 0.25) is 0 Å². The molecule has 0 atom stereocenters. The summed E-state index contributed by atoms with van der Waals surface area (Å²) in [5.74, 6) is -1.67. The molecule has 0 aromatic heterocycles. The van der Waals surface area contributed by atoms with Crippen molar-refractivity contribution in [1.29, 1.82) is 0 Å². The molecule has 0 bridgehead atoms. The Kier molecular flexibility index (Phi) is 5.15. The fourth-order valence-corrected chi connectivity index (χ4v) is 2.53. The molecule has 0 saturated carbocycles. The average Bonchev–Trinajstić information content (AvgIpc) is 1.93. The van der Waals surface area contributed by atoms with E-state index < -0.39 is 41.0 Å². The van der Waals surface area contributed by atoms with Gasteiger partial charge in [-0.05, 0) is 20.8 Å². The van der Waals surface area contributed by atoms with Crippen LogP contribution in [0.15, 0.2) is 0 Å². The van der Waals surface area contributed by atoms with E-state index in [0.29, 0.717) is 0 Å². The number of alkyl halides is 3. The van der Waals surface area contributed by atoms with Crippen molar-refractivity contribution in [2.75, 3.05) is 13.1 Å². The minimum absolute atomic E-state index is 0.166. The third-order valence-electron chi connectivity index (χ3n) is 1.44. The molecule has 10 heteroatoms. The molecule has 0 amide bonds. The van der Waals surface area contributed by atoms with Crippen LogP contribution in [0.25, 0.3) is 0 Å². The van der Waals surface area contributed by atoms with Crippen molar-refractivity contribution < 1.29 is 31.5 Å². The Morgan fingerprint density at radius 1 is 1.28 bits per heavy atom. The van der Waals surface area contributed by atoms with E-state index >= 15 is 0 Å². The van der Waals surface area contributed by atoms with Gasteiger partial charge in [-0.1, -0.05) is 0 Å². The summed E-state index contributed by atoms with van der Waals surface area (Å²) in [7, 11) is -4.53. The highest BCUT2D eigenvalue weighted by Gasteiger charge is 2.38. The summed E-state index contributed by atoms with van der Waals surface area (Å²) in [6.07, 6.45) is -4.82. The van der Waals surface area contributed by atoms with E-state index in [2.05, 4.69) is 0 Å². The molecule has 0 unspecified atom stereocenters. The molecule has 0 rings (SSSR count). The largest absolute Gasteiger partial charge is 0.480 e. The maximum Gasteiger partial charge on any atom is 0.402 e. The van der Waals surface area contributed by atoms with Crippen LogP contribution in [0, 0.1) is 0 Å². The van der Waals surface area contributed by atoms with E-state index in [1.165, 1.54) is 20.8 Å². The lowest BCUT2D eigenvalue weighted by molar-refractivity contribution is -0.146. The van der Waals surface area contributed by atoms with Crippen molar-refractivity contribution in [3.05, 3.63) is 0 Å². The lowest BCUT2D eigenvalue weighted by atomic mass is 10.1. The van der Waals surface area contributed by atoms with Crippen LogP contribution in [0.4, 0.5) is 13.2 Å². The first-order valence-corrected chi connectivity index (χ1v) is 6.24. The number of hydrogen-bond acceptors (Lipinski definition) is 3. The number of carbonyl (C=O) groups is 1. The molecule has 0 aliphatic rings. The molecular formula is C8H15F3N2O4S. The molecule has 18 heavy (non-hydrogen) atoms. The summed E-state index contributed by atoms with van der Waals surface area (Å²) in [5, 5.41) is 8.44. The van der Waals surface area contributed by atoms with E-state index in [9.17, 15) is 26.4 Å². The average molecular weight is 292 g/mol. The smallest absolute Gasteiger partial charge is 0.402 e. The molecule has 2 N–H and O–H groups in total. The third-order valence-corrected chi connectivity index (χ3v) is 3.25. The Bertz CT molecular complexity index is 400. The second-order valence-corrected chi connectivity index (χ2v) is 6.30. The summed E-state index contributed by atoms with van der Waals surface area (Å²) < 4.78 is 61.6. The zero-order valence-electron chi connectivity index (χ0n) is 10.1. The minimum atomic E-state index is -4.82. The SMILES string of the molecule is CC(C)(C)NS(=O)(=O)N(CC(=O)O)CC(F)(F)F. The Morgan fingerprint density at radius 2 is 1.72 bits per heavy atom. The van der Waals surface area contributed by atoms with E-state index in [1.807, 2.05) is 4.72 Å². The van der Waals surface area contributed by atoms with Crippen molar-refractivity contribution in [1.82, 2.24) is 9.03 Å². The van der Waals surface area contributed by atoms with E-state index in [1.54, 1.807) is 0 Å². The highest BCUT2D eigenvalue weighted by molar-refractivity contribution is 7.87. The van der Waals surface area contributed by atoms with Crippen molar-refractivity contribution in [2.45, 2.75) is 32.5 Å². The third kappa shape index (κ3) is 7.45. The van der Waals surface area contributed by atoms with Crippen LogP contribution in [0.1, 0.15) is 20.8 Å². The number of carboxylic acids is 1. The minimum Gasteiger partial charge on any atom is -0.480 e. The highest BCUT2D eigenvalue weighted by atomic mass is 32.2. The van der Waals surface area contributed by atoms with Crippen LogP contribution in [0.5, 0.6) is 0 Å². The molecule has 0 aliphatic heterocycles. The summed E-state index contributed by atoms with van der Waals surface area (Å²) >= 11 is 0. The van der Waals surface area contributed by atoms with Crippen LogP contribution < -0.4 is 4.72 Å². The maximum atomic E-state index is 12.2. The van der Waals surface area contributed by atoms with Gasteiger partial charge < -0.3 is 5.11 Å². The summed E-state index contributed by atoms with van der Waals surface area (Å²) in [6.45, 7) is 1.17. The van der Waals surface area contributed by atoms with Crippen molar-refractivity contribution in [3.8, 4) is 0 Å². The Balaban J connectivity index is 5.12. The second kappa shape index (κ2) is 5.41. The number of hydrogen-bond donors (Lipinski definition) is 2. The van der Waals surface area contributed by atoms with Crippen LogP contribution >= 0.6 is 0 Å². The topological polar surface area (TPSA) is 86.7 Å². The number of aliphatic carboxylic acids is 1. The standard InChI is InChI=1S/C8H15F3N2O4S/c1-7(2,3)12-18(16,17)13(4-6(14)15)5-8(9,10)11/h12H,4-5H2,1-3H3,(H,14,15). The molecule has 0 fully saturated rings. The van der Waals surface area contributed by atoms with Crippen molar-refractivity contribution in [3.63, 3.8) is 0 Å². The van der Waals surface area contributed by atoms with Crippen molar-refractivity contribution >= 4 is 16.2 Å². The maximum absolute atomic E-state index is 12.2. The highest BCUT2D eigenvalue weighted by Crippen LogP contribution is 2.18. The van der Waals surface area contributed by atoms with Crippen LogP contribution in [0.3, 0.4) is 0 Å². The second-order valence-electron chi connectivity index (χ2n) is 4.63. The van der Waals surface area contributed by atoms with Gasteiger partial charge in [0.15, 0.2) is 0 Å². The van der Waals surface area contributed by atoms with Crippen molar-refractivity contribution in [2.24, 2.45) is 0 Å². The van der Waals surface area contributed by atoms with Crippen LogP contribution in [0.2, 0.25) is 0 Å². The van der Waals surface area contributed by atoms with Gasteiger partial charge in [0.25, 0.3) is 10.2 Å². The predicted octanol–water partition coefficient (Wildman–Crippen LogP) is 0.568. The Morgan fingerprint density at radius 3 is 2.00 bits per heavy atom. The number of halogens is 3. The van der Waals surface area contributed by atoms with Gasteiger partial charge in [-0.25, -0.2) is 0 Å². The normalized spacial score (nSPS) is 13.9. The van der Waals surface area contributed by atoms with Gasteiger partial charge in [-0.15, -0.1) is 0 Å². The Labute approximate surface area is 103 Å². The van der Waals surface area contributed by atoms with Gasteiger partial charge in [-0.2, -0.15) is 30.6 Å². The molecule has 0 radical (unpaired) electrons. The summed E-state index contributed by atoms with van der Waals surface area (Å²) in [4.78, 5) is 10.4. The molecule has 0 saturated heterocycles. The summed E-state index contributed by atoms with van der Waals surface area (Å²) in [5.41, 5.74) is -1.01. The van der Waals surface area contributed by atoms with E-state index in [0.717, 1.165) is 0 Å². The molecular weight excluding hydrogens is 277 g/mol. The predicted molar refractivity (Wildman–Crippen MR) is 57.1 cm³/mol. The molecule has 0 aliphatic carbocycles. The first kappa shape index (κ1) is 17.1. The van der Waals surface area contributed by atoms with Gasteiger partial charge in [-0.3, -0.25) is 4.79 Å². The van der Waals surface area contributed by atoms with Crippen LogP contribution in [-0.2, 0) is 15.0 Å². The Hall–Kier alpha value is -0.870. The van der Waals surface area contributed by atoms with Gasteiger partial charge in [0.1, 0.15) is 13.1 Å². The van der Waals surface area contributed by atoms with Gasteiger partial charge >= 0.3 is 12.1 Å². The molecule has 108 valence electrons. The first-order valence-electron chi connectivity index (χ1n) is 4.80. The zero-order chi connectivity index (χ0) is 14.8. The van der Waals surface area contributed by atoms with E-state index in [-0.39, 0.29) is 4.31 Å². The number of nitrogens with zero attached hydrogens (tertiary/aromatic N) is 1. The summed E-state index contributed by atoms with van der Waals surface area (Å²) in [6, 6.07) is 0. The number of carboxylic acid groups (broad SMARTS) is 1. The first-order chi connectivity index (χ1) is 7.73. The van der Waals surface area contributed by atoms with Gasteiger partial charge in [0, 0.05) is 5.54 Å². The molecule has 0 heterocycles. The molecule has 0 aromatic carbocycles. The van der Waals surface area contributed by atoms with Crippen LogP contribution in [-0.4, -0.2) is 48.6 Å². The number of nitrogens with one attached hydrogen (secondary N) is 1. The quantitative estimate of drug-likeness (QED) is 0.775. The van der Waals surface area contributed by atoms with E-state index in [4.69, 9.17) is 5.11 Å². The lowest BCUT2D eigenvalue weighted by Gasteiger charge is -2.27. The number of rotatable bonds is 5.